The fourth-order valence-corrected chi connectivity index (χ4v) is 3.06. The average Bonchev–Trinajstić information content (AvgIpc) is 2.57. The van der Waals surface area contributed by atoms with Crippen LogP contribution in [0.3, 0.4) is 0 Å². The van der Waals surface area contributed by atoms with E-state index >= 15 is 0 Å². The van der Waals surface area contributed by atoms with Crippen LogP contribution in [0.25, 0.3) is 0 Å². The van der Waals surface area contributed by atoms with Crippen molar-refractivity contribution < 1.29 is 9.47 Å². The summed E-state index contributed by atoms with van der Waals surface area (Å²) < 4.78 is 11.8. The Morgan fingerprint density at radius 3 is 2.46 bits per heavy atom. The normalized spacial score (nSPS) is 16.2. The van der Waals surface area contributed by atoms with Gasteiger partial charge < -0.3 is 19.7 Å². The summed E-state index contributed by atoms with van der Waals surface area (Å²) in [4.78, 5) is 6.76. The number of hydrogen-bond acceptors (Lipinski definition) is 3. The maximum Gasteiger partial charge on any atom is 0.193 e. The number of ether oxygens (including phenoxy) is 2. The van der Waals surface area contributed by atoms with Crippen molar-refractivity contribution in [1.29, 1.82) is 0 Å². The highest BCUT2D eigenvalue weighted by Gasteiger charge is 2.22. The number of nitrogens with zero attached hydrogens (tertiary/aromatic N) is 2. The molecule has 1 aliphatic rings. The van der Waals surface area contributed by atoms with Crippen LogP contribution in [0.5, 0.6) is 5.75 Å². The van der Waals surface area contributed by atoms with Crippen LogP contribution in [0.4, 0.5) is 0 Å². The molecule has 0 spiro atoms. The molecule has 0 bridgehead atoms. The van der Waals surface area contributed by atoms with Crippen molar-refractivity contribution in [2.24, 2.45) is 4.99 Å². The van der Waals surface area contributed by atoms with Gasteiger partial charge in [-0.2, -0.15) is 0 Å². The van der Waals surface area contributed by atoms with Crippen molar-refractivity contribution in [3.05, 3.63) is 29.8 Å². The van der Waals surface area contributed by atoms with Gasteiger partial charge in [-0.1, -0.05) is 18.2 Å². The average molecular weight is 475 g/mol. The maximum atomic E-state index is 6.08. The SMILES string of the molecule is CCOC1CCN(C(=NC)NCc2ccccc2OC(C)(C)C)CC1.I. The van der Waals surface area contributed by atoms with E-state index in [2.05, 4.69) is 49.0 Å². The molecular formula is C20H34IN3O2. The summed E-state index contributed by atoms with van der Waals surface area (Å²) in [6.45, 7) is 11.7. The van der Waals surface area contributed by atoms with Gasteiger partial charge in [0.1, 0.15) is 11.4 Å². The lowest BCUT2D eigenvalue weighted by Gasteiger charge is -2.34. The van der Waals surface area contributed by atoms with Crippen molar-refractivity contribution >= 4 is 29.9 Å². The van der Waals surface area contributed by atoms with E-state index in [0.717, 1.165) is 49.8 Å². The molecule has 148 valence electrons. The van der Waals surface area contributed by atoms with Crippen LogP contribution in [0.15, 0.2) is 29.3 Å². The maximum absolute atomic E-state index is 6.08. The molecule has 0 radical (unpaired) electrons. The monoisotopic (exact) mass is 475 g/mol. The van der Waals surface area contributed by atoms with Crippen molar-refractivity contribution in [3.63, 3.8) is 0 Å². The topological polar surface area (TPSA) is 46.1 Å². The van der Waals surface area contributed by atoms with Crippen molar-refractivity contribution in [2.45, 2.75) is 58.8 Å². The van der Waals surface area contributed by atoms with E-state index in [4.69, 9.17) is 9.47 Å². The third-order valence-electron chi connectivity index (χ3n) is 4.18. The molecule has 0 aliphatic carbocycles. The smallest absolute Gasteiger partial charge is 0.193 e. The van der Waals surface area contributed by atoms with E-state index in [9.17, 15) is 0 Å². The molecule has 0 unspecified atom stereocenters. The number of para-hydroxylation sites is 1. The summed E-state index contributed by atoms with van der Waals surface area (Å²) in [5.41, 5.74) is 0.932. The first-order valence-corrected chi connectivity index (χ1v) is 9.27. The highest BCUT2D eigenvalue weighted by atomic mass is 127. The van der Waals surface area contributed by atoms with Crippen LogP contribution in [-0.4, -0.2) is 49.3 Å². The second-order valence-electron chi connectivity index (χ2n) is 7.36. The summed E-state index contributed by atoms with van der Waals surface area (Å²) in [6, 6.07) is 8.18. The third-order valence-corrected chi connectivity index (χ3v) is 4.18. The van der Waals surface area contributed by atoms with Crippen LogP contribution in [-0.2, 0) is 11.3 Å². The molecule has 2 rings (SSSR count). The fraction of sp³-hybridized carbons (Fsp3) is 0.650. The third kappa shape index (κ3) is 7.31. The standard InChI is InChI=1S/C20H33N3O2.HI/c1-6-24-17-11-13-23(14-12-17)19(21-5)22-15-16-9-7-8-10-18(16)25-20(2,3)4;/h7-10,17H,6,11-15H2,1-5H3,(H,21,22);1H. The van der Waals surface area contributed by atoms with Crippen molar-refractivity contribution in [3.8, 4) is 5.75 Å². The lowest BCUT2D eigenvalue weighted by atomic mass is 10.1. The Balaban J connectivity index is 0.00000338. The summed E-state index contributed by atoms with van der Waals surface area (Å²) in [7, 11) is 1.84. The number of likely N-dealkylation sites (tertiary alicyclic amines) is 1. The minimum Gasteiger partial charge on any atom is -0.488 e. The van der Waals surface area contributed by atoms with Gasteiger partial charge >= 0.3 is 0 Å². The molecule has 1 aliphatic heterocycles. The molecule has 0 amide bonds. The summed E-state index contributed by atoms with van der Waals surface area (Å²) in [5, 5.41) is 3.48. The van der Waals surface area contributed by atoms with Gasteiger partial charge in [-0.25, -0.2) is 0 Å². The lowest BCUT2D eigenvalue weighted by molar-refractivity contribution is 0.0263. The second-order valence-corrected chi connectivity index (χ2v) is 7.36. The number of halogens is 1. The Labute approximate surface area is 175 Å². The van der Waals surface area contributed by atoms with Crippen LogP contribution < -0.4 is 10.1 Å². The van der Waals surface area contributed by atoms with Gasteiger partial charge in [0.05, 0.1) is 6.10 Å². The van der Waals surface area contributed by atoms with E-state index in [-0.39, 0.29) is 29.6 Å². The minimum absolute atomic E-state index is 0. The van der Waals surface area contributed by atoms with Crippen LogP contribution in [0.2, 0.25) is 0 Å². The van der Waals surface area contributed by atoms with Gasteiger partial charge in [-0.05, 0) is 46.6 Å². The van der Waals surface area contributed by atoms with E-state index in [1.165, 1.54) is 0 Å². The molecule has 0 atom stereocenters. The van der Waals surface area contributed by atoms with Crippen molar-refractivity contribution in [2.75, 3.05) is 26.7 Å². The molecular weight excluding hydrogens is 441 g/mol. The number of hydrogen-bond donors (Lipinski definition) is 1. The summed E-state index contributed by atoms with van der Waals surface area (Å²) in [6.07, 6.45) is 2.50. The van der Waals surface area contributed by atoms with E-state index in [0.29, 0.717) is 12.6 Å². The van der Waals surface area contributed by atoms with E-state index in [1.54, 1.807) is 0 Å². The van der Waals surface area contributed by atoms with Crippen LogP contribution in [0, 0.1) is 0 Å². The Kier molecular flexibility index (Phi) is 9.71. The Hall–Kier alpha value is -1.02. The van der Waals surface area contributed by atoms with Crippen LogP contribution >= 0.6 is 24.0 Å². The Morgan fingerprint density at radius 1 is 1.23 bits per heavy atom. The fourth-order valence-electron chi connectivity index (χ4n) is 3.06. The first-order chi connectivity index (χ1) is 11.9. The molecule has 6 heteroatoms. The summed E-state index contributed by atoms with van der Waals surface area (Å²) in [5.74, 6) is 1.87. The highest BCUT2D eigenvalue weighted by Crippen LogP contribution is 2.23. The number of rotatable bonds is 5. The molecule has 1 N–H and O–H groups in total. The lowest BCUT2D eigenvalue weighted by Crippen LogP contribution is -2.46. The predicted octanol–water partition coefficient (Wildman–Crippen LogP) is 4.06. The number of benzene rings is 1. The molecule has 1 fully saturated rings. The zero-order valence-electron chi connectivity index (χ0n) is 16.7. The van der Waals surface area contributed by atoms with E-state index < -0.39 is 0 Å². The Morgan fingerprint density at radius 2 is 1.88 bits per heavy atom. The van der Waals surface area contributed by atoms with Gasteiger partial charge in [-0.15, -0.1) is 24.0 Å². The van der Waals surface area contributed by atoms with Crippen LogP contribution in [0.1, 0.15) is 46.1 Å². The number of guanidine groups is 1. The van der Waals surface area contributed by atoms with Gasteiger partial charge in [0.25, 0.3) is 0 Å². The minimum atomic E-state index is -0.209. The molecule has 1 aromatic rings. The molecule has 1 saturated heterocycles. The second kappa shape index (κ2) is 11.0. The van der Waals surface area contributed by atoms with Gasteiger partial charge in [0, 0.05) is 38.9 Å². The van der Waals surface area contributed by atoms with E-state index in [1.807, 2.05) is 25.2 Å². The molecule has 1 aromatic carbocycles. The Bertz CT molecular complexity index is 564. The van der Waals surface area contributed by atoms with Gasteiger partial charge in [0.15, 0.2) is 5.96 Å². The number of aliphatic imine (C=N–C) groups is 1. The van der Waals surface area contributed by atoms with Gasteiger partial charge in [0.2, 0.25) is 0 Å². The molecule has 0 aromatic heterocycles. The molecule has 26 heavy (non-hydrogen) atoms. The largest absolute Gasteiger partial charge is 0.488 e. The van der Waals surface area contributed by atoms with Crippen molar-refractivity contribution in [1.82, 2.24) is 10.2 Å². The molecule has 5 nitrogen and oxygen atoms in total. The molecule has 0 saturated carbocycles. The zero-order chi connectivity index (χ0) is 18.3. The highest BCUT2D eigenvalue weighted by molar-refractivity contribution is 14.0. The molecule has 1 heterocycles. The zero-order valence-corrected chi connectivity index (χ0v) is 19.1. The predicted molar refractivity (Wildman–Crippen MR) is 119 cm³/mol. The first kappa shape index (κ1) is 23.0. The van der Waals surface area contributed by atoms with Gasteiger partial charge in [-0.3, -0.25) is 4.99 Å². The first-order valence-electron chi connectivity index (χ1n) is 9.27. The quantitative estimate of drug-likeness (QED) is 0.397. The summed E-state index contributed by atoms with van der Waals surface area (Å²) >= 11 is 0. The number of nitrogens with one attached hydrogen (secondary N) is 1. The number of piperidine rings is 1.